The smallest absolute Gasteiger partial charge is 0.338 e. The quantitative estimate of drug-likeness (QED) is 0.558. The molecule has 1 aliphatic rings. The maximum absolute atomic E-state index is 12.9. The van der Waals surface area contributed by atoms with Gasteiger partial charge in [-0.2, -0.15) is 5.10 Å². The number of aromatic nitrogens is 2. The van der Waals surface area contributed by atoms with E-state index in [4.69, 9.17) is 4.74 Å². The lowest BCUT2D eigenvalue weighted by molar-refractivity contribution is 0.0526. The van der Waals surface area contributed by atoms with Crippen LogP contribution in [0.15, 0.2) is 58.4 Å². The third kappa shape index (κ3) is 3.38. The second-order valence-corrected chi connectivity index (χ2v) is 6.48. The van der Waals surface area contributed by atoms with Gasteiger partial charge in [0.2, 0.25) is 0 Å². The first-order valence-electron chi connectivity index (χ1n) is 9.27. The largest absolute Gasteiger partial charge is 0.462 e. The molecule has 7 nitrogen and oxygen atoms in total. The summed E-state index contributed by atoms with van der Waals surface area (Å²) in [6.07, 6.45) is 1.53. The molecule has 0 atom stereocenters. The number of benzene rings is 2. The van der Waals surface area contributed by atoms with Crippen LogP contribution in [0.1, 0.15) is 35.9 Å². The first-order valence-corrected chi connectivity index (χ1v) is 9.27. The van der Waals surface area contributed by atoms with Gasteiger partial charge in [-0.3, -0.25) is 14.8 Å². The van der Waals surface area contributed by atoms with Crippen molar-refractivity contribution >= 4 is 28.3 Å². The molecule has 1 aromatic heterocycles. The van der Waals surface area contributed by atoms with E-state index in [0.717, 1.165) is 24.2 Å². The zero-order valence-corrected chi connectivity index (χ0v) is 15.5. The van der Waals surface area contributed by atoms with Crippen LogP contribution >= 0.6 is 0 Å². The number of fused-ring (bicyclic) bond motifs is 2. The van der Waals surface area contributed by atoms with Crippen molar-refractivity contribution in [2.45, 2.75) is 26.3 Å². The molecule has 1 N–H and O–H groups in total. The molecule has 4 rings (SSSR count). The van der Waals surface area contributed by atoms with Crippen LogP contribution < -0.4 is 11.0 Å². The number of nitrogens with one attached hydrogen (secondary N) is 1. The summed E-state index contributed by atoms with van der Waals surface area (Å²) in [5, 5.41) is 4.96. The summed E-state index contributed by atoms with van der Waals surface area (Å²) >= 11 is 0. The Labute approximate surface area is 161 Å². The van der Waals surface area contributed by atoms with Crippen molar-refractivity contribution < 1.29 is 9.53 Å². The lowest BCUT2D eigenvalue weighted by atomic mass is 10.1. The highest BCUT2D eigenvalue weighted by molar-refractivity contribution is 6.00. The standard InChI is InChI=1S/C21H20N4O3/c1-2-28-21(27)14-10-11-16-18(13-14)22-19-17(9-6-12-25(19)20(16)26)24-23-15-7-4-3-5-8-15/h3-5,7-8,10-11,13,23H,2,6,9,12H2,1H3/b24-17+. The predicted molar refractivity (Wildman–Crippen MR) is 108 cm³/mol. The Bertz CT molecular complexity index is 1120. The van der Waals surface area contributed by atoms with Crippen molar-refractivity contribution in [1.82, 2.24) is 9.55 Å². The molecule has 0 spiro atoms. The minimum atomic E-state index is -0.427. The second-order valence-electron chi connectivity index (χ2n) is 6.48. The molecule has 0 bridgehead atoms. The zero-order chi connectivity index (χ0) is 19.5. The fourth-order valence-corrected chi connectivity index (χ4v) is 3.26. The molecule has 2 aromatic carbocycles. The Balaban J connectivity index is 1.78. The van der Waals surface area contributed by atoms with Gasteiger partial charge in [0, 0.05) is 6.54 Å². The van der Waals surface area contributed by atoms with Gasteiger partial charge in [-0.25, -0.2) is 9.78 Å². The van der Waals surface area contributed by atoms with Gasteiger partial charge < -0.3 is 4.74 Å². The van der Waals surface area contributed by atoms with Gasteiger partial charge in [0.15, 0.2) is 5.82 Å². The number of nitrogens with zero attached hydrogens (tertiary/aromatic N) is 3. The summed E-state index contributed by atoms with van der Waals surface area (Å²) in [4.78, 5) is 29.6. The summed E-state index contributed by atoms with van der Waals surface area (Å²) in [6, 6.07) is 14.5. The Kier molecular flexibility index (Phi) is 4.89. The molecule has 0 saturated carbocycles. The van der Waals surface area contributed by atoms with Gasteiger partial charge in [0.1, 0.15) is 5.71 Å². The number of esters is 1. The normalized spacial score (nSPS) is 14.7. The molecule has 0 amide bonds. The number of carbonyl (C=O) groups is 1. The molecular formula is C21H20N4O3. The molecule has 2 heterocycles. The Morgan fingerprint density at radius 1 is 1.25 bits per heavy atom. The van der Waals surface area contributed by atoms with Crippen LogP contribution in [0.4, 0.5) is 5.69 Å². The Morgan fingerprint density at radius 3 is 2.86 bits per heavy atom. The van der Waals surface area contributed by atoms with Crippen molar-refractivity contribution in [1.29, 1.82) is 0 Å². The summed E-state index contributed by atoms with van der Waals surface area (Å²) in [5.41, 5.74) is 5.33. The van der Waals surface area contributed by atoms with Gasteiger partial charge in [0.05, 0.1) is 28.8 Å². The van der Waals surface area contributed by atoms with Crippen molar-refractivity contribution in [3.8, 4) is 0 Å². The first-order chi connectivity index (χ1) is 13.7. The molecule has 0 aliphatic carbocycles. The van der Waals surface area contributed by atoms with Crippen LogP contribution in [0.25, 0.3) is 10.9 Å². The fourth-order valence-electron chi connectivity index (χ4n) is 3.26. The van der Waals surface area contributed by atoms with E-state index < -0.39 is 5.97 Å². The molecule has 142 valence electrons. The number of rotatable bonds is 4. The number of hydrazone groups is 1. The SMILES string of the molecule is CCOC(=O)c1ccc2c(=O)n3c(nc2c1)/C(=N/Nc1ccccc1)CCC3. The van der Waals surface area contributed by atoms with Crippen molar-refractivity contribution in [2.75, 3.05) is 12.0 Å². The number of anilines is 1. The minimum absolute atomic E-state index is 0.123. The molecular weight excluding hydrogens is 356 g/mol. The van der Waals surface area contributed by atoms with E-state index in [9.17, 15) is 9.59 Å². The summed E-state index contributed by atoms with van der Waals surface area (Å²) in [7, 11) is 0. The van der Waals surface area contributed by atoms with Gasteiger partial charge >= 0.3 is 5.97 Å². The topological polar surface area (TPSA) is 85.6 Å². The van der Waals surface area contributed by atoms with Gasteiger partial charge in [-0.15, -0.1) is 0 Å². The lowest BCUT2D eigenvalue weighted by Crippen LogP contribution is -2.32. The molecule has 0 saturated heterocycles. The highest BCUT2D eigenvalue weighted by Gasteiger charge is 2.21. The van der Waals surface area contributed by atoms with E-state index >= 15 is 0 Å². The molecule has 28 heavy (non-hydrogen) atoms. The average Bonchev–Trinajstić information content (AvgIpc) is 2.73. The summed E-state index contributed by atoms with van der Waals surface area (Å²) in [6.45, 7) is 2.64. The highest BCUT2D eigenvalue weighted by Crippen LogP contribution is 2.18. The van der Waals surface area contributed by atoms with Gasteiger partial charge in [0.25, 0.3) is 5.56 Å². The molecule has 3 aromatic rings. The number of hydrogen-bond donors (Lipinski definition) is 1. The van der Waals surface area contributed by atoms with Crippen LogP contribution in [0.3, 0.4) is 0 Å². The third-order valence-corrected chi connectivity index (χ3v) is 4.61. The van der Waals surface area contributed by atoms with Crippen molar-refractivity contribution in [2.24, 2.45) is 5.10 Å². The average molecular weight is 376 g/mol. The van der Waals surface area contributed by atoms with E-state index in [1.54, 1.807) is 29.7 Å². The van der Waals surface area contributed by atoms with E-state index in [-0.39, 0.29) is 5.56 Å². The van der Waals surface area contributed by atoms with Crippen LogP contribution in [-0.2, 0) is 11.3 Å². The second kappa shape index (κ2) is 7.64. The molecule has 7 heteroatoms. The van der Waals surface area contributed by atoms with Crippen LogP contribution in [0.2, 0.25) is 0 Å². The van der Waals surface area contributed by atoms with Crippen LogP contribution in [-0.4, -0.2) is 27.8 Å². The lowest BCUT2D eigenvalue weighted by Gasteiger charge is -2.20. The van der Waals surface area contributed by atoms with Crippen molar-refractivity contribution in [3.63, 3.8) is 0 Å². The number of ether oxygens (including phenoxy) is 1. The maximum Gasteiger partial charge on any atom is 0.338 e. The predicted octanol–water partition coefficient (Wildman–Crippen LogP) is 3.18. The number of hydrogen-bond acceptors (Lipinski definition) is 6. The van der Waals surface area contributed by atoms with E-state index in [0.29, 0.717) is 35.4 Å². The number of para-hydroxylation sites is 1. The Morgan fingerprint density at radius 2 is 2.07 bits per heavy atom. The maximum atomic E-state index is 12.9. The fraction of sp³-hybridized carbons (Fsp3) is 0.238. The first kappa shape index (κ1) is 17.9. The summed E-state index contributed by atoms with van der Waals surface area (Å²) in [5.74, 6) is 0.108. The summed E-state index contributed by atoms with van der Waals surface area (Å²) < 4.78 is 6.70. The number of carbonyl (C=O) groups excluding carboxylic acids is 1. The van der Waals surface area contributed by atoms with Gasteiger partial charge in [-0.05, 0) is 50.1 Å². The van der Waals surface area contributed by atoms with Gasteiger partial charge in [-0.1, -0.05) is 18.2 Å². The highest BCUT2D eigenvalue weighted by atomic mass is 16.5. The molecule has 0 radical (unpaired) electrons. The Hall–Kier alpha value is -3.48. The van der Waals surface area contributed by atoms with E-state index in [2.05, 4.69) is 15.5 Å². The molecule has 0 fully saturated rings. The van der Waals surface area contributed by atoms with Crippen LogP contribution in [0, 0.1) is 0 Å². The molecule has 1 aliphatic heterocycles. The molecule has 0 unspecified atom stereocenters. The zero-order valence-electron chi connectivity index (χ0n) is 15.5. The minimum Gasteiger partial charge on any atom is -0.462 e. The van der Waals surface area contributed by atoms with Crippen molar-refractivity contribution in [3.05, 3.63) is 70.3 Å². The van der Waals surface area contributed by atoms with Crippen LogP contribution in [0.5, 0.6) is 0 Å². The monoisotopic (exact) mass is 376 g/mol. The third-order valence-electron chi connectivity index (χ3n) is 4.61. The van der Waals surface area contributed by atoms with E-state index in [1.807, 2.05) is 30.3 Å². The van der Waals surface area contributed by atoms with E-state index in [1.165, 1.54) is 0 Å².